The quantitative estimate of drug-likeness (QED) is 0.824. The maximum absolute atomic E-state index is 11.5. The van der Waals surface area contributed by atoms with Gasteiger partial charge in [0, 0.05) is 12.5 Å². The maximum atomic E-state index is 11.5. The van der Waals surface area contributed by atoms with Gasteiger partial charge in [-0.3, -0.25) is 4.79 Å². The number of carbonyl (C=O) groups is 2. The van der Waals surface area contributed by atoms with Crippen LogP contribution in [0.2, 0.25) is 0 Å². The number of carboxylic acid groups (broad SMARTS) is 1. The van der Waals surface area contributed by atoms with E-state index in [0.29, 0.717) is 17.2 Å². The first kappa shape index (κ1) is 15.0. The van der Waals surface area contributed by atoms with E-state index in [9.17, 15) is 14.7 Å². The molecule has 0 saturated carbocycles. The lowest BCUT2D eigenvalue weighted by atomic mass is 10.2. The summed E-state index contributed by atoms with van der Waals surface area (Å²) in [4.78, 5) is 26.7. The Morgan fingerprint density at radius 1 is 1.38 bits per heavy atom. The van der Waals surface area contributed by atoms with Crippen LogP contribution in [0.15, 0.2) is 18.2 Å². The summed E-state index contributed by atoms with van der Waals surface area (Å²) in [6.07, 6.45) is 0. The number of rotatable bonds is 5. The lowest BCUT2D eigenvalue weighted by Crippen LogP contribution is -2.03. The number of ketones is 1. The second kappa shape index (κ2) is 5.92. The van der Waals surface area contributed by atoms with E-state index in [0.717, 1.165) is 11.3 Å². The van der Waals surface area contributed by atoms with Gasteiger partial charge < -0.3 is 14.9 Å². The van der Waals surface area contributed by atoms with E-state index in [-0.39, 0.29) is 27.9 Å². The number of phenols is 1. The largest absolute Gasteiger partial charge is 0.504 e. The number of carboxylic acids is 1. The molecule has 7 heteroatoms. The molecule has 0 atom stereocenters. The van der Waals surface area contributed by atoms with E-state index in [1.54, 1.807) is 19.1 Å². The Morgan fingerprint density at radius 3 is 2.62 bits per heavy atom. The zero-order valence-electron chi connectivity index (χ0n) is 11.4. The zero-order valence-corrected chi connectivity index (χ0v) is 12.2. The molecule has 0 unspecified atom stereocenters. The van der Waals surface area contributed by atoms with Gasteiger partial charge in [0.05, 0.1) is 6.61 Å². The summed E-state index contributed by atoms with van der Waals surface area (Å²) < 4.78 is 5.27. The third-order valence-electron chi connectivity index (χ3n) is 2.66. The number of Topliss-reactive ketones (excluding diaryl/α,β-unsaturated/α-hetero) is 1. The van der Waals surface area contributed by atoms with Gasteiger partial charge in [0.1, 0.15) is 9.88 Å². The molecule has 2 rings (SSSR count). The van der Waals surface area contributed by atoms with Crippen LogP contribution >= 0.6 is 11.3 Å². The van der Waals surface area contributed by atoms with Crippen molar-refractivity contribution in [2.24, 2.45) is 0 Å². The third kappa shape index (κ3) is 3.03. The third-order valence-corrected chi connectivity index (χ3v) is 3.86. The van der Waals surface area contributed by atoms with Gasteiger partial charge in [-0.2, -0.15) is 0 Å². The summed E-state index contributed by atoms with van der Waals surface area (Å²) in [5.41, 5.74) is 0.324. The summed E-state index contributed by atoms with van der Waals surface area (Å²) in [5, 5.41) is 19.1. The Kier molecular flexibility index (Phi) is 4.23. The van der Waals surface area contributed by atoms with Crippen molar-refractivity contribution in [3.05, 3.63) is 28.8 Å². The minimum absolute atomic E-state index is 0.0117. The van der Waals surface area contributed by atoms with Crippen molar-refractivity contribution < 1.29 is 24.5 Å². The molecule has 0 aliphatic carbocycles. The fourth-order valence-corrected chi connectivity index (χ4v) is 2.69. The molecule has 0 radical (unpaired) electrons. The van der Waals surface area contributed by atoms with Crippen molar-refractivity contribution in [2.75, 3.05) is 6.61 Å². The van der Waals surface area contributed by atoms with Gasteiger partial charge >= 0.3 is 5.97 Å². The molecule has 6 nitrogen and oxygen atoms in total. The standard InChI is InChI=1S/C14H13NO5S/c1-3-20-10-6-8(4-5-9(10)17)13-15-11(14(18)19)12(21-13)7(2)16/h4-6,17H,3H2,1-2H3,(H,18,19). The molecular weight excluding hydrogens is 294 g/mol. The number of phenolic OH excluding ortho intramolecular Hbond substituents is 1. The van der Waals surface area contributed by atoms with E-state index < -0.39 is 5.97 Å². The molecule has 2 aromatic rings. The van der Waals surface area contributed by atoms with Gasteiger partial charge in [-0.25, -0.2) is 9.78 Å². The molecule has 110 valence electrons. The zero-order chi connectivity index (χ0) is 15.6. The molecule has 2 N–H and O–H groups in total. The molecule has 1 aromatic heterocycles. The lowest BCUT2D eigenvalue weighted by molar-refractivity contribution is 0.0687. The van der Waals surface area contributed by atoms with E-state index in [2.05, 4.69) is 4.98 Å². The van der Waals surface area contributed by atoms with Crippen molar-refractivity contribution in [1.29, 1.82) is 0 Å². The van der Waals surface area contributed by atoms with Gasteiger partial charge in [0.15, 0.2) is 23.0 Å². The number of benzene rings is 1. The molecule has 0 saturated heterocycles. The Hall–Kier alpha value is -2.41. The number of ether oxygens (including phenoxy) is 1. The van der Waals surface area contributed by atoms with E-state index >= 15 is 0 Å². The number of aromatic hydroxyl groups is 1. The van der Waals surface area contributed by atoms with Crippen LogP contribution in [0.1, 0.15) is 34.0 Å². The molecule has 1 aromatic carbocycles. The molecule has 0 bridgehead atoms. The molecule has 0 aliphatic heterocycles. The van der Waals surface area contributed by atoms with Gasteiger partial charge in [-0.05, 0) is 25.1 Å². The van der Waals surface area contributed by atoms with Crippen molar-refractivity contribution in [1.82, 2.24) is 4.98 Å². The monoisotopic (exact) mass is 307 g/mol. The normalized spacial score (nSPS) is 10.4. The molecule has 21 heavy (non-hydrogen) atoms. The second-order valence-electron chi connectivity index (χ2n) is 4.17. The lowest BCUT2D eigenvalue weighted by Gasteiger charge is -2.06. The molecule has 0 amide bonds. The van der Waals surface area contributed by atoms with Crippen LogP contribution in [0.5, 0.6) is 11.5 Å². The first-order valence-electron chi connectivity index (χ1n) is 6.15. The SMILES string of the molecule is CCOc1cc(-c2nc(C(=O)O)c(C(C)=O)s2)ccc1O. The Bertz CT molecular complexity index is 676. The van der Waals surface area contributed by atoms with E-state index in [4.69, 9.17) is 9.84 Å². The predicted molar refractivity (Wildman–Crippen MR) is 77.3 cm³/mol. The first-order chi connectivity index (χ1) is 9.93. The second-order valence-corrected chi connectivity index (χ2v) is 5.17. The van der Waals surface area contributed by atoms with Gasteiger partial charge in [-0.1, -0.05) is 0 Å². The highest BCUT2D eigenvalue weighted by molar-refractivity contribution is 7.17. The van der Waals surface area contributed by atoms with Crippen LogP contribution < -0.4 is 4.74 Å². The maximum Gasteiger partial charge on any atom is 0.356 e. The van der Waals surface area contributed by atoms with Gasteiger partial charge in [0.2, 0.25) is 0 Å². The van der Waals surface area contributed by atoms with E-state index in [1.165, 1.54) is 13.0 Å². The number of hydrogen-bond donors (Lipinski definition) is 2. The average Bonchev–Trinajstić information content (AvgIpc) is 2.87. The summed E-state index contributed by atoms with van der Waals surface area (Å²) >= 11 is 1.00. The fraction of sp³-hybridized carbons (Fsp3) is 0.214. The van der Waals surface area contributed by atoms with Crippen molar-refractivity contribution in [3.8, 4) is 22.1 Å². The van der Waals surface area contributed by atoms with Crippen LogP contribution in [0.4, 0.5) is 0 Å². The summed E-state index contributed by atoms with van der Waals surface area (Å²) in [6, 6.07) is 4.59. The number of thiazole rings is 1. The van der Waals surface area contributed by atoms with E-state index in [1.807, 2.05) is 0 Å². The van der Waals surface area contributed by atoms with Crippen molar-refractivity contribution in [3.63, 3.8) is 0 Å². The topological polar surface area (TPSA) is 96.7 Å². The highest BCUT2D eigenvalue weighted by Crippen LogP contribution is 2.34. The first-order valence-corrected chi connectivity index (χ1v) is 6.97. The smallest absolute Gasteiger partial charge is 0.356 e. The van der Waals surface area contributed by atoms with Gasteiger partial charge in [-0.15, -0.1) is 11.3 Å². The number of aromatic carboxylic acids is 1. The highest BCUT2D eigenvalue weighted by atomic mass is 32.1. The number of hydrogen-bond acceptors (Lipinski definition) is 6. The number of nitrogens with zero attached hydrogens (tertiary/aromatic N) is 1. The minimum atomic E-state index is -1.24. The molecule has 0 aliphatic rings. The van der Waals surface area contributed by atoms with Crippen LogP contribution in [-0.2, 0) is 0 Å². The summed E-state index contributed by atoms with van der Waals surface area (Å²) in [6.45, 7) is 3.46. The number of carbonyl (C=O) groups excluding carboxylic acids is 1. The van der Waals surface area contributed by atoms with Gasteiger partial charge in [0.25, 0.3) is 0 Å². The van der Waals surface area contributed by atoms with Crippen LogP contribution in [-0.4, -0.2) is 33.6 Å². The molecule has 0 spiro atoms. The molecular formula is C14H13NO5S. The van der Waals surface area contributed by atoms with Crippen LogP contribution in [0, 0.1) is 0 Å². The Balaban J connectivity index is 2.52. The fourth-order valence-electron chi connectivity index (χ4n) is 1.75. The predicted octanol–water partition coefficient (Wildman–Crippen LogP) is 2.82. The summed E-state index contributed by atoms with van der Waals surface area (Å²) in [5.74, 6) is -1.32. The Labute approximate surface area is 124 Å². The molecule has 0 fully saturated rings. The molecule has 1 heterocycles. The Morgan fingerprint density at radius 2 is 2.10 bits per heavy atom. The van der Waals surface area contributed by atoms with Crippen LogP contribution in [0.3, 0.4) is 0 Å². The number of aromatic nitrogens is 1. The minimum Gasteiger partial charge on any atom is -0.504 e. The average molecular weight is 307 g/mol. The highest BCUT2D eigenvalue weighted by Gasteiger charge is 2.21. The summed E-state index contributed by atoms with van der Waals surface area (Å²) in [7, 11) is 0. The van der Waals surface area contributed by atoms with Crippen molar-refractivity contribution >= 4 is 23.1 Å². The van der Waals surface area contributed by atoms with Crippen molar-refractivity contribution in [2.45, 2.75) is 13.8 Å². The van der Waals surface area contributed by atoms with Crippen LogP contribution in [0.25, 0.3) is 10.6 Å².